The summed E-state index contributed by atoms with van der Waals surface area (Å²) < 4.78 is 5.45. The Morgan fingerprint density at radius 3 is 2.54 bits per heavy atom. The number of amides is 2. The maximum absolute atomic E-state index is 12.6. The highest BCUT2D eigenvalue weighted by molar-refractivity contribution is 6.01. The third-order valence-electron chi connectivity index (χ3n) is 5.08. The molecule has 6 heteroatoms. The SMILES string of the molecule is CC(=O)c1ccc2c(c1)N(CCC(=O)N1CC(C)CC(C)C1)C(=O)CO2. The number of hydrogen-bond donors (Lipinski definition) is 0. The molecule has 0 N–H and O–H groups in total. The number of piperidine rings is 1. The second-order valence-electron chi connectivity index (χ2n) is 7.57. The predicted molar refractivity (Wildman–Crippen MR) is 98.4 cm³/mol. The van der Waals surface area contributed by atoms with Gasteiger partial charge >= 0.3 is 0 Å². The molecule has 2 aliphatic heterocycles. The van der Waals surface area contributed by atoms with E-state index in [1.807, 2.05) is 4.90 Å². The van der Waals surface area contributed by atoms with Gasteiger partial charge in [0.25, 0.3) is 5.91 Å². The van der Waals surface area contributed by atoms with Gasteiger partial charge in [-0.25, -0.2) is 0 Å². The highest BCUT2D eigenvalue weighted by atomic mass is 16.5. The van der Waals surface area contributed by atoms with Crippen LogP contribution >= 0.6 is 0 Å². The Hall–Kier alpha value is -2.37. The van der Waals surface area contributed by atoms with E-state index in [1.165, 1.54) is 6.92 Å². The molecule has 0 saturated carbocycles. The van der Waals surface area contributed by atoms with Crippen LogP contribution in [-0.2, 0) is 9.59 Å². The van der Waals surface area contributed by atoms with Crippen LogP contribution in [0.2, 0.25) is 0 Å². The average molecular weight is 358 g/mol. The van der Waals surface area contributed by atoms with Gasteiger partial charge in [-0.3, -0.25) is 14.4 Å². The quantitative estimate of drug-likeness (QED) is 0.776. The first-order chi connectivity index (χ1) is 12.3. The fourth-order valence-electron chi connectivity index (χ4n) is 3.90. The lowest BCUT2D eigenvalue weighted by molar-refractivity contribution is -0.133. The number of Topliss-reactive ketones (excluding diaryl/α,β-unsaturated/α-hetero) is 1. The summed E-state index contributed by atoms with van der Waals surface area (Å²) in [5, 5.41) is 0. The van der Waals surface area contributed by atoms with Crippen LogP contribution in [0.3, 0.4) is 0 Å². The maximum atomic E-state index is 12.6. The number of benzene rings is 1. The van der Waals surface area contributed by atoms with E-state index in [0.29, 0.717) is 35.4 Å². The monoisotopic (exact) mass is 358 g/mol. The molecule has 6 nitrogen and oxygen atoms in total. The normalized spacial score (nSPS) is 22.7. The van der Waals surface area contributed by atoms with Gasteiger partial charge in [0.1, 0.15) is 5.75 Å². The van der Waals surface area contributed by atoms with Crippen molar-refractivity contribution in [3.8, 4) is 5.75 Å². The molecule has 2 unspecified atom stereocenters. The van der Waals surface area contributed by atoms with Crippen molar-refractivity contribution in [2.75, 3.05) is 31.1 Å². The van der Waals surface area contributed by atoms with Gasteiger partial charge in [0.05, 0.1) is 5.69 Å². The first-order valence-corrected chi connectivity index (χ1v) is 9.21. The van der Waals surface area contributed by atoms with Crippen LogP contribution in [0.5, 0.6) is 5.75 Å². The summed E-state index contributed by atoms with van der Waals surface area (Å²) >= 11 is 0. The number of anilines is 1. The smallest absolute Gasteiger partial charge is 0.265 e. The van der Waals surface area contributed by atoms with Crippen LogP contribution in [0, 0.1) is 11.8 Å². The van der Waals surface area contributed by atoms with Gasteiger partial charge in [-0.1, -0.05) is 13.8 Å². The Morgan fingerprint density at radius 2 is 1.88 bits per heavy atom. The molecule has 1 aromatic rings. The molecule has 3 rings (SSSR count). The zero-order valence-electron chi connectivity index (χ0n) is 15.7. The lowest BCUT2D eigenvalue weighted by Gasteiger charge is -2.36. The molecule has 1 aromatic carbocycles. The molecular weight excluding hydrogens is 332 g/mol. The number of fused-ring (bicyclic) bond motifs is 1. The Bertz CT molecular complexity index is 721. The summed E-state index contributed by atoms with van der Waals surface area (Å²) in [5.41, 5.74) is 1.10. The molecule has 140 valence electrons. The van der Waals surface area contributed by atoms with E-state index in [9.17, 15) is 14.4 Å². The molecule has 0 radical (unpaired) electrons. The summed E-state index contributed by atoms with van der Waals surface area (Å²) in [5.74, 6) is 1.40. The van der Waals surface area contributed by atoms with Crippen molar-refractivity contribution >= 4 is 23.3 Å². The van der Waals surface area contributed by atoms with Crippen molar-refractivity contribution in [1.29, 1.82) is 0 Å². The van der Waals surface area contributed by atoms with Crippen molar-refractivity contribution < 1.29 is 19.1 Å². The first-order valence-electron chi connectivity index (χ1n) is 9.21. The van der Waals surface area contributed by atoms with Crippen molar-refractivity contribution in [3.05, 3.63) is 23.8 Å². The number of nitrogens with zero attached hydrogens (tertiary/aromatic N) is 2. The Labute approximate surface area is 154 Å². The lowest BCUT2D eigenvalue weighted by atomic mass is 9.92. The molecule has 0 aromatic heterocycles. The zero-order chi connectivity index (χ0) is 18.8. The summed E-state index contributed by atoms with van der Waals surface area (Å²) in [6.07, 6.45) is 1.42. The van der Waals surface area contributed by atoms with Crippen LogP contribution in [0.1, 0.15) is 44.0 Å². The van der Waals surface area contributed by atoms with Gasteiger partial charge in [-0.2, -0.15) is 0 Å². The summed E-state index contributed by atoms with van der Waals surface area (Å²) in [6, 6.07) is 5.07. The number of ketones is 1. The summed E-state index contributed by atoms with van der Waals surface area (Å²) in [4.78, 5) is 40.1. The Balaban J connectivity index is 1.71. The number of carbonyl (C=O) groups is 3. The van der Waals surface area contributed by atoms with Crippen LogP contribution in [-0.4, -0.2) is 48.7 Å². The third-order valence-corrected chi connectivity index (χ3v) is 5.08. The second-order valence-corrected chi connectivity index (χ2v) is 7.57. The minimum Gasteiger partial charge on any atom is -0.482 e. The Kier molecular flexibility index (Phi) is 5.30. The fourth-order valence-corrected chi connectivity index (χ4v) is 3.90. The van der Waals surface area contributed by atoms with E-state index in [0.717, 1.165) is 19.5 Å². The van der Waals surface area contributed by atoms with Crippen LogP contribution in [0.25, 0.3) is 0 Å². The van der Waals surface area contributed by atoms with Gasteiger partial charge < -0.3 is 14.5 Å². The van der Waals surface area contributed by atoms with E-state index in [4.69, 9.17) is 4.74 Å². The van der Waals surface area contributed by atoms with Gasteiger partial charge in [-0.05, 0) is 43.4 Å². The molecule has 2 atom stereocenters. The molecule has 1 fully saturated rings. The molecule has 0 spiro atoms. The molecule has 2 aliphatic rings. The zero-order valence-corrected chi connectivity index (χ0v) is 15.7. The first kappa shape index (κ1) is 18.4. The number of hydrogen-bond acceptors (Lipinski definition) is 4. The molecule has 2 heterocycles. The van der Waals surface area contributed by atoms with Gasteiger partial charge in [0, 0.05) is 31.6 Å². The number of likely N-dealkylation sites (tertiary alicyclic amines) is 1. The van der Waals surface area contributed by atoms with Crippen molar-refractivity contribution in [2.45, 2.75) is 33.6 Å². The molecule has 2 amide bonds. The fraction of sp³-hybridized carbons (Fsp3) is 0.550. The number of carbonyl (C=O) groups excluding carboxylic acids is 3. The molecular formula is C20H26N2O4. The number of ether oxygens (including phenoxy) is 1. The van der Waals surface area contributed by atoms with E-state index < -0.39 is 0 Å². The Morgan fingerprint density at radius 1 is 1.19 bits per heavy atom. The van der Waals surface area contributed by atoms with Gasteiger partial charge in [0.15, 0.2) is 12.4 Å². The van der Waals surface area contributed by atoms with E-state index in [2.05, 4.69) is 13.8 Å². The summed E-state index contributed by atoms with van der Waals surface area (Å²) in [7, 11) is 0. The van der Waals surface area contributed by atoms with Crippen molar-refractivity contribution in [1.82, 2.24) is 4.90 Å². The van der Waals surface area contributed by atoms with Crippen LogP contribution in [0.15, 0.2) is 18.2 Å². The lowest BCUT2D eigenvalue weighted by Crippen LogP contribution is -2.45. The van der Waals surface area contributed by atoms with E-state index in [-0.39, 0.29) is 30.6 Å². The van der Waals surface area contributed by atoms with Gasteiger partial charge in [-0.15, -0.1) is 0 Å². The predicted octanol–water partition coefficient (Wildman–Crippen LogP) is 2.51. The van der Waals surface area contributed by atoms with E-state index >= 15 is 0 Å². The minimum absolute atomic E-state index is 0.0433. The third kappa shape index (κ3) is 3.89. The average Bonchev–Trinajstić information content (AvgIpc) is 2.59. The molecule has 0 aliphatic carbocycles. The highest BCUT2D eigenvalue weighted by Crippen LogP contribution is 2.33. The minimum atomic E-state index is -0.189. The topological polar surface area (TPSA) is 66.9 Å². The standard InChI is InChI=1S/C20H26N2O4/c1-13-8-14(2)11-21(10-13)19(24)6-7-22-17-9-16(15(3)23)4-5-18(17)26-12-20(22)25/h4-5,9,13-14H,6-8,10-12H2,1-3H3. The van der Waals surface area contributed by atoms with Crippen LogP contribution < -0.4 is 9.64 Å². The molecule has 0 bridgehead atoms. The number of rotatable bonds is 4. The highest BCUT2D eigenvalue weighted by Gasteiger charge is 2.29. The van der Waals surface area contributed by atoms with E-state index in [1.54, 1.807) is 23.1 Å². The summed E-state index contributed by atoms with van der Waals surface area (Å²) in [6.45, 7) is 7.64. The second kappa shape index (κ2) is 7.48. The molecule has 1 saturated heterocycles. The van der Waals surface area contributed by atoms with Gasteiger partial charge in [0.2, 0.25) is 5.91 Å². The maximum Gasteiger partial charge on any atom is 0.265 e. The van der Waals surface area contributed by atoms with Crippen molar-refractivity contribution in [3.63, 3.8) is 0 Å². The van der Waals surface area contributed by atoms with Crippen LogP contribution in [0.4, 0.5) is 5.69 Å². The molecule has 26 heavy (non-hydrogen) atoms. The largest absolute Gasteiger partial charge is 0.482 e. The van der Waals surface area contributed by atoms with Crippen molar-refractivity contribution in [2.24, 2.45) is 11.8 Å².